The number of hydrogen-bond acceptors (Lipinski definition) is 4. The van der Waals surface area contributed by atoms with Gasteiger partial charge in [-0.25, -0.2) is 0 Å². The van der Waals surface area contributed by atoms with Crippen molar-refractivity contribution in [3.05, 3.63) is 47.2 Å². The van der Waals surface area contributed by atoms with E-state index in [1.165, 1.54) is 0 Å². The number of anilines is 2. The minimum atomic E-state index is -0.158. The molecule has 5 nitrogen and oxygen atoms in total. The van der Waals surface area contributed by atoms with E-state index >= 15 is 0 Å². The highest BCUT2D eigenvalue weighted by molar-refractivity contribution is 6.29. The summed E-state index contributed by atoms with van der Waals surface area (Å²) >= 11 is 5.70. The van der Waals surface area contributed by atoms with Crippen LogP contribution in [0.2, 0.25) is 5.15 Å². The van der Waals surface area contributed by atoms with Gasteiger partial charge in [0.15, 0.2) is 10.8 Å². The van der Waals surface area contributed by atoms with E-state index in [0.29, 0.717) is 12.2 Å². The molecular formula is C14H13ClN4O. The Morgan fingerprint density at radius 2 is 1.85 bits per heavy atom. The van der Waals surface area contributed by atoms with Gasteiger partial charge in [-0.05, 0) is 24.3 Å². The zero-order valence-electron chi connectivity index (χ0n) is 11.0. The molecule has 0 atom stereocenters. The van der Waals surface area contributed by atoms with Crippen LogP contribution in [0.4, 0.5) is 11.4 Å². The molecule has 2 aromatic rings. The van der Waals surface area contributed by atoms with Gasteiger partial charge in [0.2, 0.25) is 0 Å². The first-order valence-corrected chi connectivity index (χ1v) is 6.66. The maximum Gasteiger partial charge on any atom is 0.278 e. The first-order chi connectivity index (χ1) is 9.66. The SMILES string of the molecule is CN1CCN(C(=O)c2ccc(Cl)nn2)c2ccccc21. The number of carbonyl (C=O) groups excluding carboxylic acids is 1. The van der Waals surface area contributed by atoms with Crippen molar-refractivity contribution < 1.29 is 4.79 Å². The molecule has 20 heavy (non-hydrogen) atoms. The second-order valence-electron chi connectivity index (χ2n) is 4.61. The minimum Gasteiger partial charge on any atom is -0.371 e. The first kappa shape index (κ1) is 12.9. The van der Waals surface area contributed by atoms with Crippen molar-refractivity contribution in [1.82, 2.24) is 10.2 Å². The van der Waals surface area contributed by atoms with Crippen LogP contribution in [0.5, 0.6) is 0 Å². The lowest BCUT2D eigenvalue weighted by Crippen LogP contribution is -2.43. The number of para-hydroxylation sites is 2. The Bertz CT molecular complexity index is 644. The van der Waals surface area contributed by atoms with E-state index in [0.717, 1.165) is 17.9 Å². The van der Waals surface area contributed by atoms with Crippen LogP contribution < -0.4 is 9.80 Å². The third kappa shape index (κ3) is 2.20. The molecule has 0 saturated carbocycles. The van der Waals surface area contributed by atoms with Crippen molar-refractivity contribution >= 4 is 28.9 Å². The molecule has 0 unspecified atom stereocenters. The molecule has 0 fully saturated rings. The molecular weight excluding hydrogens is 276 g/mol. The van der Waals surface area contributed by atoms with Gasteiger partial charge in [-0.2, -0.15) is 0 Å². The molecule has 1 aromatic heterocycles. The number of fused-ring (bicyclic) bond motifs is 1. The van der Waals surface area contributed by atoms with Gasteiger partial charge in [0.25, 0.3) is 5.91 Å². The summed E-state index contributed by atoms with van der Waals surface area (Å²) in [6.45, 7) is 1.40. The molecule has 0 radical (unpaired) electrons. The summed E-state index contributed by atoms with van der Waals surface area (Å²) in [6, 6.07) is 11.0. The highest BCUT2D eigenvalue weighted by Gasteiger charge is 2.26. The fraction of sp³-hybridized carbons (Fsp3) is 0.214. The van der Waals surface area contributed by atoms with Gasteiger partial charge in [0.1, 0.15) is 0 Å². The zero-order chi connectivity index (χ0) is 14.1. The predicted octanol–water partition coefficient (Wildman–Crippen LogP) is 2.23. The Kier molecular flexibility index (Phi) is 3.28. The molecule has 2 heterocycles. The number of likely N-dealkylation sites (N-methyl/N-ethyl adjacent to an activating group) is 1. The lowest BCUT2D eigenvalue weighted by molar-refractivity contribution is 0.0981. The van der Waals surface area contributed by atoms with Crippen LogP contribution in [-0.4, -0.2) is 36.2 Å². The number of benzene rings is 1. The molecule has 1 aromatic carbocycles. The fourth-order valence-electron chi connectivity index (χ4n) is 2.29. The lowest BCUT2D eigenvalue weighted by Gasteiger charge is -2.35. The van der Waals surface area contributed by atoms with Crippen molar-refractivity contribution in [2.24, 2.45) is 0 Å². The number of nitrogens with zero attached hydrogens (tertiary/aromatic N) is 4. The van der Waals surface area contributed by atoms with Gasteiger partial charge < -0.3 is 9.80 Å². The van der Waals surface area contributed by atoms with Crippen LogP contribution in [0.3, 0.4) is 0 Å². The topological polar surface area (TPSA) is 49.3 Å². The van der Waals surface area contributed by atoms with E-state index in [2.05, 4.69) is 15.1 Å². The summed E-state index contributed by atoms with van der Waals surface area (Å²) in [5, 5.41) is 7.86. The molecule has 0 N–H and O–H groups in total. The standard InChI is InChI=1S/C14H13ClN4O/c1-18-8-9-19(12-5-3-2-4-11(12)18)14(20)10-6-7-13(15)17-16-10/h2-7H,8-9H2,1H3. The van der Waals surface area contributed by atoms with Gasteiger partial charge in [0.05, 0.1) is 11.4 Å². The van der Waals surface area contributed by atoms with E-state index in [1.54, 1.807) is 17.0 Å². The summed E-state index contributed by atoms with van der Waals surface area (Å²) in [7, 11) is 2.02. The normalized spacial score (nSPS) is 14.1. The monoisotopic (exact) mass is 288 g/mol. The highest BCUT2D eigenvalue weighted by atomic mass is 35.5. The summed E-state index contributed by atoms with van der Waals surface area (Å²) in [6.07, 6.45) is 0. The quantitative estimate of drug-likeness (QED) is 0.807. The Morgan fingerprint density at radius 3 is 2.55 bits per heavy atom. The molecule has 3 rings (SSSR count). The molecule has 1 aliphatic heterocycles. The third-order valence-electron chi connectivity index (χ3n) is 3.34. The van der Waals surface area contributed by atoms with Crippen molar-refractivity contribution in [3.63, 3.8) is 0 Å². The van der Waals surface area contributed by atoms with Gasteiger partial charge >= 0.3 is 0 Å². The maximum atomic E-state index is 12.5. The Hall–Kier alpha value is -2.14. The number of rotatable bonds is 1. The summed E-state index contributed by atoms with van der Waals surface area (Å²) in [5.74, 6) is -0.158. The van der Waals surface area contributed by atoms with Crippen LogP contribution in [0, 0.1) is 0 Å². The Labute approximate surface area is 121 Å². The molecule has 1 aliphatic rings. The van der Waals surface area contributed by atoms with Gasteiger partial charge in [0, 0.05) is 20.1 Å². The molecule has 1 amide bonds. The molecule has 0 spiro atoms. The van der Waals surface area contributed by atoms with Crippen LogP contribution in [0.15, 0.2) is 36.4 Å². The zero-order valence-corrected chi connectivity index (χ0v) is 11.7. The average molecular weight is 289 g/mol. The minimum absolute atomic E-state index is 0.158. The van der Waals surface area contributed by atoms with E-state index in [9.17, 15) is 4.79 Å². The van der Waals surface area contributed by atoms with Crippen molar-refractivity contribution in [1.29, 1.82) is 0 Å². The number of halogens is 1. The Morgan fingerprint density at radius 1 is 1.10 bits per heavy atom. The van der Waals surface area contributed by atoms with E-state index in [1.807, 2.05) is 31.3 Å². The number of hydrogen-bond donors (Lipinski definition) is 0. The van der Waals surface area contributed by atoms with Crippen LogP contribution in [0.25, 0.3) is 0 Å². The predicted molar refractivity (Wildman–Crippen MR) is 78.4 cm³/mol. The second-order valence-corrected chi connectivity index (χ2v) is 5.00. The van der Waals surface area contributed by atoms with E-state index in [4.69, 9.17) is 11.6 Å². The van der Waals surface area contributed by atoms with E-state index < -0.39 is 0 Å². The third-order valence-corrected chi connectivity index (χ3v) is 3.54. The van der Waals surface area contributed by atoms with Crippen molar-refractivity contribution in [2.75, 3.05) is 29.9 Å². The summed E-state index contributed by atoms with van der Waals surface area (Å²) in [4.78, 5) is 16.4. The maximum absolute atomic E-state index is 12.5. The molecule has 0 aliphatic carbocycles. The van der Waals surface area contributed by atoms with Crippen molar-refractivity contribution in [3.8, 4) is 0 Å². The van der Waals surface area contributed by atoms with Crippen LogP contribution in [-0.2, 0) is 0 Å². The lowest BCUT2D eigenvalue weighted by atomic mass is 10.1. The van der Waals surface area contributed by atoms with E-state index in [-0.39, 0.29) is 11.1 Å². The van der Waals surface area contributed by atoms with Gasteiger partial charge in [-0.3, -0.25) is 4.79 Å². The summed E-state index contributed by atoms with van der Waals surface area (Å²) < 4.78 is 0. The molecule has 0 bridgehead atoms. The molecule has 0 saturated heterocycles. The average Bonchev–Trinajstić information content (AvgIpc) is 2.48. The Balaban J connectivity index is 1.97. The van der Waals surface area contributed by atoms with Crippen LogP contribution in [0.1, 0.15) is 10.5 Å². The number of carbonyl (C=O) groups is 1. The number of aromatic nitrogens is 2. The fourth-order valence-corrected chi connectivity index (χ4v) is 2.39. The number of amides is 1. The largest absolute Gasteiger partial charge is 0.371 e. The van der Waals surface area contributed by atoms with Gasteiger partial charge in [-0.15, -0.1) is 10.2 Å². The van der Waals surface area contributed by atoms with Gasteiger partial charge in [-0.1, -0.05) is 23.7 Å². The summed E-state index contributed by atoms with van der Waals surface area (Å²) in [5.41, 5.74) is 2.23. The highest BCUT2D eigenvalue weighted by Crippen LogP contribution is 2.32. The van der Waals surface area contributed by atoms with Crippen molar-refractivity contribution in [2.45, 2.75) is 0 Å². The first-order valence-electron chi connectivity index (χ1n) is 6.28. The molecule has 6 heteroatoms. The molecule has 102 valence electrons. The van der Waals surface area contributed by atoms with Crippen LogP contribution >= 0.6 is 11.6 Å². The smallest absolute Gasteiger partial charge is 0.278 e. The second kappa shape index (κ2) is 5.09.